The number of nitrogens with zero attached hydrogens (tertiary/aromatic N) is 2. The Morgan fingerprint density at radius 1 is 0.526 bits per heavy atom. The molecule has 0 unspecified atom stereocenters. The molecular weight excluding hydrogens is 1860 g/mol. The van der Waals surface area contributed by atoms with Crippen LogP contribution >= 0.6 is 79.6 Å². The molecule has 0 spiro atoms. The van der Waals surface area contributed by atoms with Crippen molar-refractivity contribution in [1.82, 2.24) is 9.80 Å². The molecule has 1 fully saturated rings. The fourth-order valence-electron chi connectivity index (χ4n) is 9.42. The normalized spacial score (nSPS) is 12.0. The number of carbonyl (C=O) groups excluding carboxylic acids is 8. The number of anilines is 5. The van der Waals surface area contributed by atoms with Crippen molar-refractivity contribution in [2.75, 3.05) is 99.2 Å². The predicted octanol–water partition coefficient (Wildman–Crippen LogP) is 19.5. The maximum Gasteiger partial charge on any atom is 0.490 e. The second-order valence-corrected chi connectivity index (χ2v) is 28.5. The molecule has 3 aliphatic heterocycles. The van der Waals surface area contributed by atoms with Crippen molar-refractivity contribution in [1.29, 1.82) is 0 Å². The number of amides is 4. The minimum Gasteiger partial charge on any atom is -0.459 e. The number of halogens is 14. The van der Waals surface area contributed by atoms with E-state index in [1.807, 2.05) is 123 Å². The monoisotopic (exact) mass is 1950 g/mol. The summed E-state index contributed by atoms with van der Waals surface area (Å²) in [4.78, 5) is 90.8. The van der Waals surface area contributed by atoms with Gasteiger partial charge in [-0.05, 0) is 168 Å². The number of imide groups is 2. The molecule has 0 saturated carbocycles. The summed E-state index contributed by atoms with van der Waals surface area (Å²) < 4.78 is 118. The minimum absolute atomic E-state index is 0. The van der Waals surface area contributed by atoms with Gasteiger partial charge in [0.2, 0.25) is 11.6 Å². The highest BCUT2D eigenvalue weighted by molar-refractivity contribution is 9.11. The Hall–Kier alpha value is -8.53. The maximum absolute atomic E-state index is 12.2. The van der Waals surface area contributed by atoms with Crippen molar-refractivity contribution in [3.05, 3.63) is 214 Å². The summed E-state index contributed by atoms with van der Waals surface area (Å²) in [6.07, 6.45) is -3.32. The van der Waals surface area contributed by atoms with Crippen LogP contribution in [0.5, 0.6) is 0 Å². The number of esters is 1. The Labute approximate surface area is 713 Å². The molecule has 0 bridgehead atoms. The topological polar surface area (TPSA) is 302 Å². The van der Waals surface area contributed by atoms with Crippen LogP contribution in [-0.2, 0) is 28.7 Å². The number of nitrogens with two attached hydrogens (primary N) is 2. The summed E-state index contributed by atoms with van der Waals surface area (Å²) in [5.74, 6) is -4.26. The quantitative estimate of drug-likeness (QED) is 0.00530. The third-order valence-corrected chi connectivity index (χ3v) is 17.1. The molecule has 116 heavy (non-hydrogen) atoms. The highest BCUT2D eigenvalue weighted by Crippen LogP contribution is 2.27. The van der Waals surface area contributed by atoms with Crippen LogP contribution in [0.25, 0.3) is 0 Å². The predicted molar refractivity (Wildman–Crippen MR) is 454 cm³/mol. The first-order chi connectivity index (χ1) is 54.4. The number of hydrogen-bond donors (Lipinski definition) is 8. The number of alkyl halides is 9. The molecule has 0 atom stereocenters. The minimum atomic E-state index is -4.85. The number of hydrogen-bond acceptors (Lipinski definition) is 18. The highest BCUT2D eigenvalue weighted by atomic mass is 79.9. The van der Waals surface area contributed by atoms with Crippen LogP contribution in [0.4, 0.5) is 68.0 Å². The lowest BCUT2D eigenvalue weighted by molar-refractivity contribution is -0.199. The fourth-order valence-corrected chi connectivity index (χ4v) is 11.4. The number of rotatable bonds is 24. The van der Waals surface area contributed by atoms with E-state index in [0.717, 1.165) is 101 Å². The summed E-state index contributed by atoms with van der Waals surface area (Å²) in [5, 5.41) is 29.4. The van der Waals surface area contributed by atoms with E-state index in [2.05, 4.69) is 112 Å². The largest absolute Gasteiger partial charge is 0.490 e. The number of aldehydes is 1. The molecule has 10 N–H and O–H groups in total. The van der Waals surface area contributed by atoms with Crippen LogP contribution < -0.4 is 32.7 Å². The molecule has 34 heteroatoms. The third-order valence-electron chi connectivity index (χ3n) is 14.7. The van der Waals surface area contributed by atoms with Crippen LogP contribution in [-0.4, -0.2) is 164 Å². The third kappa shape index (κ3) is 45.3. The maximum atomic E-state index is 12.2. The lowest BCUT2D eigenvalue weighted by Gasteiger charge is -2.19. The van der Waals surface area contributed by atoms with E-state index in [9.17, 15) is 83.0 Å². The average molecular weight is 1960 g/mol. The van der Waals surface area contributed by atoms with Gasteiger partial charge in [-0.1, -0.05) is 174 Å². The molecule has 0 aliphatic carbocycles. The summed E-state index contributed by atoms with van der Waals surface area (Å²) in [5.41, 5.74) is 16.1. The molecule has 636 valence electrons. The van der Waals surface area contributed by atoms with Crippen molar-refractivity contribution in [3.63, 3.8) is 0 Å². The van der Waals surface area contributed by atoms with Crippen molar-refractivity contribution in [2.45, 2.75) is 123 Å². The van der Waals surface area contributed by atoms with Gasteiger partial charge in [0.05, 0.1) is 35.4 Å². The van der Waals surface area contributed by atoms with E-state index in [4.69, 9.17) is 27.7 Å². The van der Waals surface area contributed by atoms with E-state index in [1.54, 1.807) is 67.6 Å². The van der Waals surface area contributed by atoms with Crippen LogP contribution in [0.3, 0.4) is 0 Å². The number of ketones is 2. The van der Waals surface area contributed by atoms with E-state index in [0.29, 0.717) is 61.3 Å². The molecule has 0 radical (unpaired) electrons. The standard InChI is InChI=1S/C16H13BrN2O2.2C11H11BrF3NO.C10H7NO3.C9H16O.C8H11BrN2.C6H6BrN.C4H5F3O2.C4H8O.C2H6O.CH4/c17-11-4-3-5-12(10-11)18-8-9-19-15(20)13-6-1-2-7-14(13)16(19)21;2*12-8-3-1-4-9(7-8)16-6-2-5-10(17)11(13,14)15;12-6-5-11-9(13)7-3-1-2-4-8(7)10(11)14;1-4-7-9(10,6-3)8-5-2;9-7-2-1-3-8(6-7)11-5-4-10;7-5-2-1-3-6(8)4-5;1-2-9-3(8)4(5,6)7;1-2-4-5-3-1;1-2-3;/h1-7,10,18H,8-9H2;2*1,3-4,7,16H,2,5-6H2;1-4,6H,5H2;3,10H,4-5,7-8H2,1-2H3;1-3,6,11H,4-5,10H2;1-4H,8H2;2H2,1H3;1-4H2;3H,2H2,1H3;1H4. The van der Waals surface area contributed by atoms with Gasteiger partial charge < -0.3 is 57.2 Å². The molecule has 7 aromatic rings. The van der Waals surface area contributed by atoms with Crippen molar-refractivity contribution in [2.24, 2.45) is 5.73 Å². The number of terminal acetylenes is 1. The van der Waals surface area contributed by atoms with Crippen LogP contribution in [0.1, 0.15) is 141 Å². The molecule has 7 aromatic carbocycles. The van der Waals surface area contributed by atoms with Crippen molar-refractivity contribution >= 4 is 156 Å². The number of aliphatic hydroxyl groups excluding tert-OH is 1. The number of nitrogen functional groups attached to an aromatic ring is 1. The van der Waals surface area contributed by atoms with E-state index in [-0.39, 0.29) is 51.8 Å². The first kappa shape index (κ1) is 107. The van der Waals surface area contributed by atoms with Gasteiger partial charge in [-0.25, -0.2) is 4.79 Å². The van der Waals surface area contributed by atoms with Crippen LogP contribution in [0.2, 0.25) is 0 Å². The van der Waals surface area contributed by atoms with Crippen molar-refractivity contribution in [3.8, 4) is 12.3 Å². The second-order valence-electron chi connectivity index (χ2n) is 23.9. The molecule has 20 nitrogen and oxygen atoms in total. The zero-order valence-corrected chi connectivity index (χ0v) is 71.4. The summed E-state index contributed by atoms with van der Waals surface area (Å²) >= 11 is 16.6. The van der Waals surface area contributed by atoms with Crippen LogP contribution in [0, 0.1) is 12.3 Å². The fraction of sp³-hybridized carbons (Fsp3) is 0.366. The smallest absolute Gasteiger partial charge is 0.459 e. The molecule has 3 heterocycles. The number of aliphatic hydroxyl groups is 2. The van der Waals surface area contributed by atoms with Gasteiger partial charge in [-0.3, -0.25) is 38.6 Å². The van der Waals surface area contributed by atoms with Gasteiger partial charge in [0.25, 0.3) is 23.6 Å². The number of carbonyl (C=O) groups is 8. The molecule has 3 aliphatic rings. The number of fused-ring (bicyclic) bond motifs is 2. The van der Waals surface area contributed by atoms with Gasteiger partial charge >= 0.3 is 24.5 Å². The summed E-state index contributed by atoms with van der Waals surface area (Å²) in [7, 11) is 0. The molecular formula is C82H98Br5F9N8O12. The first-order valence-corrected chi connectivity index (χ1v) is 39.7. The zero-order chi connectivity index (χ0) is 86.6. The molecule has 1 saturated heterocycles. The second kappa shape index (κ2) is 59.2. The first-order valence-electron chi connectivity index (χ1n) is 35.8. The van der Waals surface area contributed by atoms with Crippen molar-refractivity contribution < 1.29 is 97.6 Å². The Balaban J connectivity index is 0.00000130. The molecule has 10 rings (SSSR count). The molecule has 0 aromatic heterocycles. The number of Topliss-reactive ketones (excluding diaryl/α,β-unsaturated/α-hetero) is 2. The average Bonchev–Trinajstić information content (AvgIpc) is 1.65. The van der Waals surface area contributed by atoms with Gasteiger partial charge in [-0.15, -0.1) is 6.42 Å². The number of ether oxygens (including phenoxy) is 2. The Kier molecular flexibility index (Phi) is 54.8. The van der Waals surface area contributed by atoms with Gasteiger partial charge in [0, 0.05) is 123 Å². The zero-order valence-electron chi connectivity index (χ0n) is 63.5. The van der Waals surface area contributed by atoms with Gasteiger partial charge in [-0.2, -0.15) is 39.5 Å². The van der Waals surface area contributed by atoms with Crippen LogP contribution in [0.15, 0.2) is 192 Å². The summed E-state index contributed by atoms with van der Waals surface area (Å²) in [6, 6.07) is 51.3. The number of nitrogens with one attached hydrogen (secondary N) is 4. The van der Waals surface area contributed by atoms with Gasteiger partial charge in [0.15, 0.2) is 0 Å². The highest BCUT2D eigenvalue weighted by Gasteiger charge is 2.41. The SMILES string of the molecule is C.C#CC(O)(CCC)CCC.C1CCOC1.CCO.CCOC(=O)C(F)(F)F.NCCNc1cccc(Br)c1.Nc1cccc(Br)c1.O=C(CCCNc1cccc(Br)c1)C(F)(F)F.O=C(CCCNc1cccc(Br)c1)C(F)(F)F.O=C1c2ccccc2C(=O)N1CCNc1cccc(Br)c1.O=CCN1C(=O)c2ccccc2C1=O. The van der Waals surface area contributed by atoms with E-state index >= 15 is 0 Å². The Morgan fingerprint density at radius 2 is 0.853 bits per heavy atom. The summed E-state index contributed by atoms with van der Waals surface area (Å²) in [6.45, 7) is 11.9. The van der Waals surface area contributed by atoms with Gasteiger partial charge in [0.1, 0.15) is 11.9 Å². The Morgan fingerprint density at radius 3 is 1.10 bits per heavy atom. The van der Waals surface area contributed by atoms with E-state index < -0.39 is 66.3 Å². The Bertz CT molecular complexity index is 3980. The van der Waals surface area contributed by atoms with E-state index in [1.165, 1.54) is 24.7 Å². The lowest BCUT2D eigenvalue weighted by atomic mass is 9.94. The number of benzene rings is 7. The molecule has 4 amide bonds. The lowest BCUT2D eigenvalue weighted by Crippen LogP contribution is -2.34.